The fraction of sp³-hybridized carbons (Fsp3) is 0.312. The highest BCUT2D eigenvalue weighted by molar-refractivity contribution is 6.32. The number of halogens is 1. The Bertz CT molecular complexity index is 739. The SMILES string of the molecule is CC(C)COc1ccc(/C=N\Nc2cnn(C)c(=O)c2Cl)cc1. The second kappa shape index (κ2) is 7.78. The van der Waals surface area contributed by atoms with Crippen LogP contribution >= 0.6 is 11.6 Å². The van der Waals surface area contributed by atoms with Crippen molar-refractivity contribution in [2.45, 2.75) is 13.8 Å². The minimum atomic E-state index is -0.376. The molecule has 122 valence electrons. The Morgan fingerprint density at radius 2 is 2.09 bits per heavy atom. The monoisotopic (exact) mass is 334 g/mol. The molecule has 1 heterocycles. The van der Waals surface area contributed by atoms with Crippen molar-refractivity contribution < 1.29 is 4.74 Å². The van der Waals surface area contributed by atoms with Gasteiger partial charge in [-0.05, 0) is 35.7 Å². The molecule has 0 amide bonds. The van der Waals surface area contributed by atoms with E-state index in [1.54, 1.807) is 6.21 Å². The first kappa shape index (κ1) is 17.0. The second-order valence-electron chi connectivity index (χ2n) is 5.44. The van der Waals surface area contributed by atoms with Crippen LogP contribution in [0.15, 0.2) is 40.4 Å². The Hall–Kier alpha value is -2.34. The summed E-state index contributed by atoms with van der Waals surface area (Å²) in [6.07, 6.45) is 3.07. The van der Waals surface area contributed by atoms with Gasteiger partial charge in [-0.15, -0.1) is 0 Å². The first-order chi connectivity index (χ1) is 11.0. The van der Waals surface area contributed by atoms with Gasteiger partial charge in [-0.3, -0.25) is 10.2 Å². The Morgan fingerprint density at radius 1 is 1.39 bits per heavy atom. The third-order valence-electron chi connectivity index (χ3n) is 2.94. The lowest BCUT2D eigenvalue weighted by Crippen LogP contribution is -2.20. The largest absolute Gasteiger partial charge is 0.493 e. The zero-order chi connectivity index (χ0) is 16.8. The smallest absolute Gasteiger partial charge is 0.287 e. The summed E-state index contributed by atoms with van der Waals surface area (Å²) in [5.74, 6) is 1.31. The molecular formula is C16H19ClN4O2. The summed E-state index contributed by atoms with van der Waals surface area (Å²) in [6.45, 7) is 4.89. The predicted octanol–water partition coefficient (Wildman–Crippen LogP) is 2.91. The first-order valence-electron chi connectivity index (χ1n) is 7.21. The maximum absolute atomic E-state index is 11.6. The number of aromatic nitrogens is 2. The number of nitrogens with one attached hydrogen (secondary N) is 1. The molecular weight excluding hydrogens is 316 g/mol. The van der Waals surface area contributed by atoms with Crippen LogP contribution in [0.4, 0.5) is 5.69 Å². The Balaban J connectivity index is 1.98. The van der Waals surface area contributed by atoms with Gasteiger partial charge in [0, 0.05) is 7.05 Å². The first-order valence-corrected chi connectivity index (χ1v) is 7.59. The molecule has 0 bridgehead atoms. The van der Waals surface area contributed by atoms with Crippen molar-refractivity contribution in [2.75, 3.05) is 12.0 Å². The van der Waals surface area contributed by atoms with Gasteiger partial charge in [0.25, 0.3) is 5.56 Å². The minimum absolute atomic E-state index is 0.0529. The highest BCUT2D eigenvalue weighted by Crippen LogP contribution is 2.15. The van der Waals surface area contributed by atoms with Crippen molar-refractivity contribution >= 4 is 23.5 Å². The van der Waals surface area contributed by atoms with Crippen molar-refractivity contribution in [2.24, 2.45) is 18.1 Å². The fourth-order valence-corrected chi connectivity index (χ4v) is 1.89. The lowest BCUT2D eigenvalue weighted by Gasteiger charge is -2.08. The molecule has 0 radical (unpaired) electrons. The van der Waals surface area contributed by atoms with Crippen molar-refractivity contribution in [3.05, 3.63) is 51.4 Å². The molecule has 0 saturated carbocycles. The minimum Gasteiger partial charge on any atom is -0.493 e. The van der Waals surface area contributed by atoms with Crippen LogP contribution in [0.2, 0.25) is 5.02 Å². The normalized spacial score (nSPS) is 11.2. The van der Waals surface area contributed by atoms with Crippen LogP contribution in [-0.2, 0) is 7.05 Å². The molecule has 0 unspecified atom stereocenters. The van der Waals surface area contributed by atoms with Crippen LogP contribution in [0.5, 0.6) is 5.75 Å². The standard InChI is InChI=1S/C16H19ClN4O2/c1-11(2)10-23-13-6-4-12(5-7-13)8-18-20-14-9-19-21(3)16(22)15(14)17/h4-9,11,20H,10H2,1-3H3/b18-8-. The van der Waals surface area contributed by atoms with E-state index in [9.17, 15) is 4.79 Å². The van der Waals surface area contributed by atoms with Gasteiger partial charge in [-0.25, -0.2) is 4.68 Å². The molecule has 0 saturated heterocycles. The summed E-state index contributed by atoms with van der Waals surface area (Å²) in [4.78, 5) is 11.6. The van der Waals surface area contributed by atoms with Crippen LogP contribution in [0.3, 0.4) is 0 Å². The predicted molar refractivity (Wildman–Crippen MR) is 92.5 cm³/mol. The molecule has 7 heteroatoms. The van der Waals surface area contributed by atoms with Gasteiger partial charge >= 0.3 is 0 Å². The summed E-state index contributed by atoms with van der Waals surface area (Å²) in [5, 5.41) is 7.99. The van der Waals surface area contributed by atoms with E-state index in [4.69, 9.17) is 16.3 Å². The summed E-state index contributed by atoms with van der Waals surface area (Å²) in [6, 6.07) is 7.56. The fourth-order valence-electron chi connectivity index (χ4n) is 1.68. The Kier molecular flexibility index (Phi) is 5.76. The van der Waals surface area contributed by atoms with E-state index in [1.807, 2.05) is 24.3 Å². The van der Waals surface area contributed by atoms with E-state index in [2.05, 4.69) is 29.5 Å². The third-order valence-corrected chi connectivity index (χ3v) is 3.31. The molecule has 1 aromatic heterocycles. The molecule has 2 rings (SSSR count). The number of rotatable bonds is 6. The number of anilines is 1. The molecule has 0 aliphatic heterocycles. The Morgan fingerprint density at radius 3 is 2.74 bits per heavy atom. The number of aryl methyl sites for hydroxylation is 1. The van der Waals surface area contributed by atoms with Gasteiger partial charge in [0.1, 0.15) is 16.5 Å². The number of ether oxygens (including phenoxy) is 1. The van der Waals surface area contributed by atoms with Crippen LogP contribution in [0.25, 0.3) is 0 Å². The van der Waals surface area contributed by atoms with E-state index >= 15 is 0 Å². The highest BCUT2D eigenvalue weighted by atomic mass is 35.5. The van der Waals surface area contributed by atoms with Gasteiger partial charge in [0.2, 0.25) is 0 Å². The summed E-state index contributed by atoms with van der Waals surface area (Å²) < 4.78 is 6.77. The number of hydrogen-bond acceptors (Lipinski definition) is 5. The zero-order valence-electron chi connectivity index (χ0n) is 13.3. The van der Waals surface area contributed by atoms with E-state index < -0.39 is 0 Å². The number of nitrogens with zero attached hydrogens (tertiary/aromatic N) is 3. The van der Waals surface area contributed by atoms with Gasteiger partial charge < -0.3 is 4.74 Å². The van der Waals surface area contributed by atoms with Crippen LogP contribution in [0.1, 0.15) is 19.4 Å². The average molecular weight is 335 g/mol. The van der Waals surface area contributed by atoms with Crippen LogP contribution < -0.4 is 15.7 Å². The molecule has 0 spiro atoms. The van der Waals surface area contributed by atoms with Crippen molar-refractivity contribution in [3.8, 4) is 5.75 Å². The number of benzene rings is 1. The summed E-state index contributed by atoms with van der Waals surface area (Å²) in [5.41, 5.74) is 3.59. The molecule has 23 heavy (non-hydrogen) atoms. The molecule has 6 nitrogen and oxygen atoms in total. The summed E-state index contributed by atoms with van der Waals surface area (Å²) >= 11 is 5.94. The summed E-state index contributed by atoms with van der Waals surface area (Å²) in [7, 11) is 1.53. The van der Waals surface area contributed by atoms with E-state index in [-0.39, 0.29) is 10.6 Å². The molecule has 0 aliphatic rings. The van der Waals surface area contributed by atoms with E-state index in [1.165, 1.54) is 13.2 Å². The van der Waals surface area contributed by atoms with E-state index in [0.717, 1.165) is 16.0 Å². The van der Waals surface area contributed by atoms with Gasteiger partial charge in [-0.1, -0.05) is 25.4 Å². The highest BCUT2D eigenvalue weighted by Gasteiger charge is 2.05. The molecule has 0 aliphatic carbocycles. The molecule has 0 atom stereocenters. The van der Waals surface area contributed by atoms with Gasteiger partial charge in [0.15, 0.2) is 0 Å². The topological polar surface area (TPSA) is 68.5 Å². The molecule has 1 N–H and O–H groups in total. The van der Waals surface area contributed by atoms with Gasteiger partial charge in [-0.2, -0.15) is 10.2 Å². The lowest BCUT2D eigenvalue weighted by molar-refractivity contribution is 0.271. The zero-order valence-corrected chi connectivity index (χ0v) is 14.0. The number of hydrogen-bond donors (Lipinski definition) is 1. The van der Waals surface area contributed by atoms with Crippen molar-refractivity contribution in [3.63, 3.8) is 0 Å². The quantitative estimate of drug-likeness (QED) is 0.651. The Labute approximate surface area is 139 Å². The van der Waals surface area contributed by atoms with Gasteiger partial charge in [0.05, 0.1) is 19.0 Å². The number of hydrazone groups is 1. The van der Waals surface area contributed by atoms with Crippen molar-refractivity contribution in [1.29, 1.82) is 0 Å². The second-order valence-corrected chi connectivity index (χ2v) is 5.82. The average Bonchev–Trinajstić information content (AvgIpc) is 2.54. The molecule has 0 fully saturated rings. The van der Waals surface area contributed by atoms with Crippen molar-refractivity contribution in [1.82, 2.24) is 9.78 Å². The maximum Gasteiger partial charge on any atom is 0.287 e. The third kappa shape index (κ3) is 4.82. The molecule has 2 aromatic rings. The maximum atomic E-state index is 11.6. The van der Waals surface area contributed by atoms with Crippen LogP contribution in [0, 0.1) is 5.92 Å². The lowest BCUT2D eigenvalue weighted by atomic mass is 10.2. The van der Waals surface area contributed by atoms with E-state index in [0.29, 0.717) is 18.2 Å². The van der Waals surface area contributed by atoms with Crippen LogP contribution in [-0.4, -0.2) is 22.6 Å². The molecule has 1 aromatic carbocycles.